The lowest BCUT2D eigenvalue weighted by Crippen LogP contribution is -2.36. The van der Waals surface area contributed by atoms with Gasteiger partial charge in [0.05, 0.1) is 6.61 Å². The van der Waals surface area contributed by atoms with E-state index in [1.807, 2.05) is 0 Å². The quantitative estimate of drug-likeness (QED) is 0.393. The monoisotopic (exact) mass is 148 g/mol. The minimum Gasteiger partial charge on any atom is -0.463 e. The summed E-state index contributed by atoms with van der Waals surface area (Å²) in [7, 11) is 0. The summed E-state index contributed by atoms with van der Waals surface area (Å²) in [5, 5.41) is 8.35. The van der Waals surface area contributed by atoms with Crippen molar-refractivity contribution in [3.8, 4) is 0 Å². The Bertz CT molecular complexity index is 107. The van der Waals surface area contributed by atoms with Crippen molar-refractivity contribution in [1.82, 2.24) is 0 Å². The van der Waals surface area contributed by atoms with Gasteiger partial charge in [-0.3, -0.25) is 4.79 Å². The molecule has 0 aliphatic heterocycles. The highest BCUT2D eigenvalue weighted by atomic mass is 16.5. The third-order valence-corrected chi connectivity index (χ3v) is 0.862. The van der Waals surface area contributed by atoms with Crippen LogP contribution in [0, 0.1) is 0 Å². The number of nitrogens with two attached hydrogens (primary N) is 2. The number of hydrogen-bond donors (Lipinski definition) is 3. The molecule has 0 unspecified atom stereocenters. The van der Waals surface area contributed by atoms with Crippen LogP contribution in [0.4, 0.5) is 0 Å². The van der Waals surface area contributed by atoms with Crippen LogP contribution >= 0.6 is 0 Å². The first-order valence-corrected chi connectivity index (χ1v) is 2.95. The Hall–Kier alpha value is -0.650. The Balaban J connectivity index is 3.42. The third kappa shape index (κ3) is 3.39. The molecule has 0 saturated heterocycles. The summed E-state index contributed by atoms with van der Waals surface area (Å²) in [4.78, 5) is 10.6. The molecule has 1 atom stereocenters. The van der Waals surface area contributed by atoms with Crippen molar-refractivity contribution in [3.63, 3.8) is 0 Å². The molecule has 0 amide bonds. The van der Waals surface area contributed by atoms with Crippen LogP contribution in [0.5, 0.6) is 0 Å². The molecule has 0 aromatic heterocycles. The van der Waals surface area contributed by atoms with Gasteiger partial charge in [0.2, 0.25) is 0 Å². The summed E-state index contributed by atoms with van der Waals surface area (Å²) in [5.74, 6) is -0.618. The number of aliphatic hydroxyl groups excluding tert-OH is 1. The molecule has 5 N–H and O–H groups in total. The molecule has 0 rings (SSSR count). The molecule has 10 heavy (non-hydrogen) atoms. The van der Waals surface area contributed by atoms with Gasteiger partial charge in [0.15, 0.2) is 0 Å². The van der Waals surface area contributed by atoms with Crippen LogP contribution in [0.3, 0.4) is 0 Å². The average molecular weight is 148 g/mol. The van der Waals surface area contributed by atoms with Crippen molar-refractivity contribution in [2.75, 3.05) is 19.8 Å². The third-order valence-electron chi connectivity index (χ3n) is 0.862. The molecular formula is C5H12N2O3. The Morgan fingerprint density at radius 1 is 1.70 bits per heavy atom. The fraction of sp³-hybridized carbons (Fsp3) is 0.800. The number of esters is 1. The molecular weight excluding hydrogens is 136 g/mol. The lowest BCUT2D eigenvalue weighted by molar-refractivity contribution is -0.145. The van der Waals surface area contributed by atoms with Crippen LogP contribution in [0.25, 0.3) is 0 Å². The maximum Gasteiger partial charge on any atom is 0.325 e. The smallest absolute Gasteiger partial charge is 0.325 e. The molecule has 0 aromatic rings. The summed E-state index contributed by atoms with van der Waals surface area (Å²) >= 11 is 0. The van der Waals surface area contributed by atoms with E-state index in [2.05, 4.69) is 4.74 Å². The fourth-order valence-electron chi connectivity index (χ4n) is 0.341. The van der Waals surface area contributed by atoms with Crippen LogP contribution in [0.1, 0.15) is 0 Å². The van der Waals surface area contributed by atoms with Crippen LogP contribution < -0.4 is 11.5 Å². The van der Waals surface area contributed by atoms with Gasteiger partial charge in [-0.15, -0.1) is 0 Å². The van der Waals surface area contributed by atoms with E-state index < -0.39 is 18.6 Å². The summed E-state index contributed by atoms with van der Waals surface area (Å²) in [6.45, 7) is 0.0137. The molecule has 60 valence electrons. The average Bonchev–Trinajstić information content (AvgIpc) is 1.98. The Morgan fingerprint density at radius 2 is 2.30 bits per heavy atom. The first-order chi connectivity index (χ1) is 4.72. The summed E-state index contributed by atoms with van der Waals surface area (Å²) in [5.41, 5.74) is 10.1. The lowest BCUT2D eigenvalue weighted by Gasteiger charge is -2.06. The summed E-state index contributed by atoms with van der Waals surface area (Å²) in [6.07, 6.45) is 0. The van der Waals surface area contributed by atoms with E-state index in [0.29, 0.717) is 0 Å². The number of ether oxygens (including phenoxy) is 1. The van der Waals surface area contributed by atoms with Gasteiger partial charge in [0.1, 0.15) is 12.6 Å². The van der Waals surface area contributed by atoms with Crippen molar-refractivity contribution in [3.05, 3.63) is 0 Å². The van der Waals surface area contributed by atoms with E-state index in [1.54, 1.807) is 0 Å². The van der Waals surface area contributed by atoms with Gasteiger partial charge in [-0.1, -0.05) is 0 Å². The fourth-order valence-corrected chi connectivity index (χ4v) is 0.341. The van der Waals surface area contributed by atoms with Crippen molar-refractivity contribution in [1.29, 1.82) is 0 Å². The highest BCUT2D eigenvalue weighted by molar-refractivity contribution is 5.75. The Labute approximate surface area is 58.9 Å². The normalized spacial score (nSPS) is 12.7. The van der Waals surface area contributed by atoms with E-state index >= 15 is 0 Å². The van der Waals surface area contributed by atoms with Gasteiger partial charge in [0.25, 0.3) is 0 Å². The zero-order chi connectivity index (χ0) is 7.98. The second kappa shape index (κ2) is 5.16. The standard InChI is InChI=1S/C5H12N2O3/c6-1-2-10-5(9)4(7)3-8/h4,8H,1-3,6-7H2/t4-/m0/s1. The van der Waals surface area contributed by atoms with Gasteiger partial charge in [0, 0.05) is 6.54 Å². The molecule has 0 radical (unpaired) electrons. The number of carbonyl (C=O) groups excluding carboxylic acids is 1. The van der Waals surface area contributed by atoms with E-state index in [0.717, 1.165) is 0 Å². The first-order valence-electron chi connectivity index (χ1n) is 2.95. The van der Waals surface area contributed by atoms with E-state index in [1.165, 1.54) is 0 Å². The van der Waals surface area contributed by atoms with Gasteiger partial charge >= 0.3 is 5.97 Å². The Kier molecular flexibility index (Phi) is 4.82. The number of carbonyl (C=O) groups is 1. The largest absolute Gasteiger partial charge is 0.463 e. The van der Waals surface area contributed by atoms with Crippen LogP contribution in [0.15, 0.2) is 0 Å². The molecule has 0 spiro atoms. The predicted molar refractivity (Wildman–Crippen MR) is 35.1 cm³/mol. The maximum atomic E-state index is 10.6. The van der Waals surface area contributed by atoms with Crippen LogP contribution in [-0.2, 0) is 9.53 Å². The van der Waals surface area contributed by atoms with Crippen molar-refractivity contribution < 1.29 is 14.6 Å². The zero-order valence-electron chi connectivity index (χ0n) is 5.62. The predicted octanol–water partition coefficient (Wildman–Crippen LogP) is -2.19. The zero-order valence-corrected chi connectivity index (χ0v) is 5.62. The minimum absolute atomic E-state index is 0.145. The Morgan fingerprint density at radius 3 is 2.70 bits per heavy atom. The van der Waals surface area contributed by atoms with Crippen molar-refractivity contribution in [2.45, 2.75) is 6.04 Å². The molecule has 0 heterocycles. The maximum absolute atomic E-state index is 10.6. The van der Waals surface area contributed by atoms with Gasteiger partial charge < -0.3 is 21.3 Å². The molecule has 0 bridgehead atoms. The van der Waals surface area contributed by atoms with Crippen LogP contribution in [-0.4, -0.2) is 36.9 Å². The first kappa shape index (κ1) is 9.35. The van der Waals surface area contributed by atoms with Gasteiger partial charge in [-0.25, -0.2) is 0 Å². The van der Waals surface area contributed by atoms with E-state index in [-0.39, 0.29) is 13.2 Å². The second-order valence-electron chi connectivity index (χ2n) is 1.75. The molecule has 0 saturated carbocycles. The second-order valence-corrected chi connectivity index (χ2v) is 1.75. The minimum atomic E-state index is -0.938. The molecule has 0 fully saturated rings. The van der Waals surface area contributed by atoms with E-state index in [4.69, 9.17) is 16.6 Å². The molecule has 0 aromatic carbocycles. The van der Waals surface area contributed by atoms with E-state index in [9.17, 15) is 4.79 Å². The number of aliphatic hydroxyl groups is 1. The van der Waals surface area contributed by atoms with Crippen molar-refractivity contribution in [2.24, 2.45) is 11.5 Å². The topological polar surface area (TPSA) is 98.6 Å². The van der Waals surface area contributed by atoms with Gasteiger partial charge in [-0.05, 0) is 0 Å². The van der Waals surface area contributed by atoms with Gasteiger partial charge in [-0.2, -0.15) is 0 Å². The highest BCUT2D eigenvalue weighted by Gasteiger charge is 2.12. The number of hydrogen-bond acceptors (Lipinski definition) is 5. The summed E-state index contributed by atoms with van der Waals surface area (Å²) in [6, 6.07) is -0.938. The SMILES string of the molecule is NCCOC(=O)[C@@H](N)CO. The summed E-state index contributed by atoms with van der Waals surface area (Å²) < 4.78 is 4.49. The molecule has 5 nitrogen and oxygen atoms in total. The molecule has 0 aliphatic rings. The van der Waals surface area contributed by atoms with Crippen LogP contribution in [0.2, 0.25) is 0 Å². The molecule has 0 aliphatic carbocycles. The lowest BCUT2D eigenvalue weighted by atomic mass is 10.3. The highest BCUT2D eigenvalue weighted by Crippen LogP contribution is 1.82. The number of rotatable bonds is 4. The van der Waals surface area contributed by atoms with Crippen molar-refractivity contribution >= 4 is 5.97 Å². The molecule has 5 heteroatoms.